The molecule has 0 amide bonds. The Labute approximate surface area is 167 Å². The van der Waals surface area contributed by atoms with E-state index in [1.54, 1.807) is 12.1 Å². The maximum atomic E-state index is 9.44. The number of benzene rings is 2. The van der Waals surface area contributed by atoms with Gasteiger partial charge in [0.15, 0.2) is 0 Å². The van der Waals surface area contributed by atoms with Gasteiger partial charge in [-0.2, -0.15) is 10.2 Å². The fourth-order valence-electron chi connectivity index (χ4n) is 2.36. The zero-order valence-corrected chi connectivity index (χ0v) is 16.6. The van der Waals surface area contributed by atoms with Crippen LogP contribution in [0.15, 0.2) is 51.4 Å². The second-order valence-corrected chi connectivity index (χ2v) is 7.19. The van der Waals surface area contributed by atoms with Crippen molar-refractivity contribution in [3.63, 3.8) is 0 Å². The van der Waals surface area contributed by atoms with Crippen molar-refractivity contribution < 1.29 is 4.74 Å². The average molecular weight is 475 g/mol. The molecule has 6 nitrogen and oxygen atoms in total. The predicted octanol–water partition coefficient (Wildman–Crippen LogP) is 4.28. The first-order chi connectivity index (χ1) is 12.5. The summed E-state index contributed by atoms with van der Waals surface area (Å²) in [6, 6.07) is 15.3. The van der Waals surface area contributed by atoms with Crippen LogP contribution in [0, 0.1) is 11.3 Å². The second-order valence-electron chi connectivity index (χ2n) is 5.36. The molecule has 1 aromatic heterocycles. The number of halogens is 2. The number of anilines is 2. The number of aromatic nitrogens is 2. The molecule has 130 valence electrons. The van der Waals surface area contributed by atoms with E-state index >= 15 is 0 Å². The van der Waals surface area contributed by atoms with Crippen molar-refractivity contribution in [1.29, 1.82) is 5.26 Å². The molecule has 26 heavy (non-hydrogen) atoms. The third kappa shape index (κ3) is 3.95. The minimum atomic E-state index is -0.00432. The van der Waals surface area contributed by atoms with E-state index in [2.05, 4.69) is 41.8 Å². The molecule has 0 saturated carbocycles. The smallest absolute Gasteiger partial charge is 0.222 e. The normalized spacial score (nSPS) is 10.3. The molecule has 0 bridgehead atoms. The average Bonchev–Trinajstić information content (AvgIpc) is 2.61. The summed E-state index contributed by atoms with van der Waals surface area (Å²) in [7, 11) is 0. The summed E-state index contributed by atoms with van der Waals surface area (Å²) in [6.45, 7) is 0.361. The Morgan fingerprint density at radius 3 is 2.38 bits per heavy atom. The number of hydrogen-bond acceptors (Lipinski definition) is 6. The van der Waals surface area contributed by atoms with Crippen molar-refractivity contribution >= 4 is 43.6 Å². The Bertz CT molecular complexity index is 1000. The molecule has 1 heterocycles. The van der Waals surface area contributed by atoms with E-state index in [1.165, 1.54) is 0 Å². The van der Waals surface area contributed by atoms with Crippen molar-refractivity contribution in [2.75, 3.05) is 11.5 Å². The Morgan fingerprint density at radius 2 is 1.69 bits per heavy atom. The molecule has 0 unspecified atom stereocenters. The van der Waals surface area contributed by atoms with E-state index in [0.29, 0.717) is 23.6 Å². The molecule has 0 aliphatic carbocycles. The molecule has 4 N–H and O–H groups in total. The van der Waals surface area contributed by atoms with E-state index in [0.717, 1.165) is 14.5 Å². The Morgan fingerprint density at radius 1 is 1.00 bits per heavy atom. The van der Waals surface area contributed by atoms with Gasteiger partial charge in [-0.25, -0.2) is 4.98 Å². The summed E-state index contributed by atoms with van der Waals surface area (Å²) >= 11 is 6.84. The highest BCUT2D eigenvalue weighted by molar-refractivity contribution is 9.10. The van der Waals surface area contributed by atoms with Crippen molar-refractivity contribution in [1.82, 2.24) is 9.97 Å². The molecule has 0 radical (unpaired) electrons. The number of hydrogen-bond donors (Lipinski definition) is 2. The molecule has 3 aromatic rings. The van der Waals surface area contributed by atoms with Crippen LogP contribution in [0.2, 0.25) is 0 Å². The van der Waals surface area contributed by atoms with Crippen LogP contribution in [0.1, 0.15) is 11.1 Å². The molecule has 0 saturated heterocycles. The summed E-state index contributed by atoms with van der Waals surface area (Å²) in [5.74, 6) is 0.592. The first kappa shape index (κ1) is 18.2. The van der Waals surface area contributed by atoms with Gasteiger partial charge < -0.3 is 16.2 Å². The summed E-state index contributed by atoms with van der Waals surface area (Å²) in [4.78, 5) is 8.05. The van der Waals surface area contributed by atoms with Crippen LogP contribution in [-0.4, -0.2) is 9.97 Å². The van der Waals surface area contributed by atoms with Gasteiger partial charge in [0.05, 0.1) is 5.69 Å². The first-order valence-electron chi connectivity index (χ1n) is 7.48. The van der Waals surface area contributed by atoms with Crippen LogP contribution < -0.4 is 16.2 Å². The Balaban J connectivity index is 2.02. The van der Waals surface area contributed by atoms with E-state index in [-0.39, 0.29) is 17.3 Å². The predicted molar refractivity (Wildman–Crippen MR) is 107 cm³/mol. The minimum Gasteiger partial charge on any atom is -0.488 e. The lowest BCUT2D eigenvalue weighted by Gasteiger charge is -2.14. The van der Waals surface area contributed by atoms with Gasteiger partial charge in [-0.15, -0.1) is 0 Å². The van der Waals surface area contributed by atoms with Crippen LogP contribution in [-0.2, 0) is 6.61 Å². The molecule has 0 atom stereocenters. The van der Waals surface area contributed by atoms with Crippen molar-refractivity contribution in [2.24, 2.45) is 0 Å². The minimum absolute atomic E-state index is 0.00432. The Hall–Kier alpha value is -2.63. The van der Waals surface area contributed by atoms with E-state index in [9.17, 15) is 5.26 Å². The van der Waals surface area contributed by atoms with E-state index in [4.69, 9.17) is 16.2 Å². The summed E-state index contributed by atoms with van der Waals surface area (Å²) in [5, 5.41) is 9.44. The lowest BCUT2D eigenvalue weighted by atomic mass is 10.1. The third-order valence-corrected chi connectivity index (χ3v) is 4.59. The Kier molecular flexibility index (Phi) is 5.40. The maximum absolute atomic E-state index is 9.44. The van der Waals surface area contributed by atoms with E-state index in [1.807, 2.05) is 36.4 Å². The highest BCUT2D eigenvalue weighted by Crippen LogP contribution is 2.35. The molecule has 3 rings (SSSR count). The molecular weight excluding hydrogens is 462 g/mol. The second kappa shape index (κ2) is 7.72. The van der Waals surface area contributed by atoms with Crippen LogP contribution in [0.3, 0.4) is 0 Å². The monoisotopic (exact) mass is 473 g/mol. The van der Waals surface area contributed by atoms with Crippen LogP contribution in [0.5, 0.6) is 5.75 Å². The summed E-state index contributed by atoms with van der Waals surface area (Å²) < 4.78 is 7.77. The number of nitrogens with zero attached hydrogens (tertiary/aromatic N) is 3. The molecule has 0 aliphatic rings. The number of nitriles is 1. The number of nitrogen functional groups attached to an aromatic ring is 2. The van der Waals surface area contributed by atoms with Crippen LogP contribution >= 0.6 is 31.9 Å². The van der Waals surface area contributed by atoms with Gasteiger partial charge in [-0.3, -0.25) is 0 Å². The zero-order valence-electron chi connectivity index (χ0n) is 13.4. The van der Waals surface area contributed by atoms with Crippen molar-refractivity contribution in [3.8, 4) is 23.1 Å². The topological polar surface area (TPSA) is 111 Å². The number of rotatable bonds is 4. The standard InChI is InChI=1S/C18H13Br2N5O/c19-11-3-1-10(2-4-11)9-26-15-6-5-12(20)7-13(15)16-14(8-21)17(22)25-18(23)24-16/h1-7H,9H2,(H4,22,23,24,25). The fourth-order valence-corrected chi connectivity index (χ4v) is 2.98. The lowest BCUT2D eigenvalue weighted by molar-refractivity contribution is 0.307. The lowest BCUT2D eigenvalue weighted by Crippen LogP contribution is -2.06. The van der Waals surface area contributed by atoms with Gasteiger partial charge in [-0.1, -0.05) is 44.0 Å². The molecule has 8 heteroatoms. The zero-order chi connectivity index (χ0) is 18.7. The van der Waals surface area contributed by atoms with Gasteiger partial charge in [0.25, 0.3) is 0 Å². The maximum Gasteiger partial charge on any atom is 0.222 e. The summed E-state index contributed by atoms with van der Waals surface area (Å²) in [6.07, 6.45) is 0. The van der Waals surface area contributed by atoms with Gasteiger partial charge in [-0.05, 0) is 35.9 Å². The van der Waals surface area contributed by atoms with Crippen molar-refractivity contribution in [3.05, 3.63) is 62.5 Å². The fraction of sp³-hybridized carbons (Fsp3) is 0.0556. The van der Waals surface area contributed by atoms with Crippen molar-refractivity contribution in [2.45, 2.75) is 6.61 Å². The highest BCUT2D eigenvalue weighted by Gasteiger charge is 2.17. The number of ether oxygens (including phenoxy) is 1. The van der Waals surface area contributed by atoms with Gasteiger partial charge in [0.1, 0.15) is 29.8 Å². The van der Waals surface area contributed by atoms with Crippen LogP contribution in [0.25, 0.3) is 11.3 Å². The molecule has 0 aliphatic heterocycles. The largest absolute Gasteiger partial charge is 0.488 e. The quantitative estimate of drug-likeness (QED) is 0.583. The molecular formula is C18H13Br2N5O. The van der Waals surface area contributed by atoms with Gasteiger partial charge >= 0.3 is 0 Å². The van der Waals surface area contributed by atoms with Crippen LogP contribution in [0.4, 0.5) is 11.8 Å². The van der Waals surface area contributed by atoms with Gasteiger partial charge in [0.2, 0.25) is 5.95 Å². The van der Waals surface area contributed by atoms with Gasteiger partial charge in [0, 0.05) is 14.5 Å². The highest BCUT2D eigenvalue weighted by atomic mass is 79.9. The molecule has 0 spiro atoms. The molecule has 0 fully saturated rings. The SMILES string of the molecule is N#Cc1c(N)nc(N)nc1-c1cc(Br)ccc1OCc1ccc(Br)cc1. The first-order valence-corrected chi connectivity index (χ1v) is 9.07. The number of nitrogens with two attached hydrogens (primary N) is 2. The third-order valence-electron chi connectivity index (χ3n) is 3.57. The molecule has 2 aromatic carbocycles. The van der Waals surface area contributed by atoms with E-state index < -0.39 is 0 Å². The summed E-state index contributed by atoms with van der Waals surface area (Å²) in [5.41, 5.74) is 13.7.